The number of rotatable bonds is 10. The quantitative estimate of drug-likeness (QED) is 0.261. The Balaban J connectivity index is 1.75. The minimum Gasteiger partial charge on any atom is -0.352 e. The number of carbonyl (C=O) groups excluding carboxylic acids is 4. The summed E-state index contributed by atoms with van der Waals surface area (Å²) in [5.74, 6) is -0.409. The molecule has 2 N–H and O–H groups in total. The summed E-state index contributed by atoms with van der Waals surface area (Å²) in [7, 11) is 1.77. The predicted octanol–water partition coefficient (Wildman–Crippen LogP) is 5.04. The van der Waals surface area contributed by atoms with Crippen LogP contribution in [0.3, 0.4) is 0 Å². The number of likely N-dealkylation sites (tertiary alicyclic amines) is 2. The summed E-state index contributed by atoms with van der Waals surface area (Å²) in [5, 5.41) is 6.40. The third-order valence-corrected chi connectivity index (χ3v) is 10.2. The van der Waals surface area contributed by atoms with Crippen LogP contribution in [0.2, 0.25) is 0 Å². The molecule has 45 heavy (non-hydrogen) atoms. The molecule has 0 bridgehead atoms. The fourth-order valence-corrected chi connectivity index (χ4v) is 7.40. The molecule has 0 aromatic rings. The molecule has 4 atom stereocenters. The molecule has 2 aliphatic heterocycles. The highest BCUT2D eigenvalue weighted by Gasteiger charge is 2.40. The Morgan fingerprint density at radius 1 is 0.800 bits per heavy atom. The SMILES string of the molecule is C/C(=C\[C@H](C(C)C)N(C)C(=O)[C@@H](NC(=O)C1CCCCN1C(C)C)C(C)(C)C)C(=O)N1CCC[C@H]1C(=O)NC1CCCCCC1. The second-order valence-electron chi connectivity index (χ2n) is 15.5. The van der Waals surface area contributed by atoms with Crippen LogP contribution in [0.15, 0.2) is 11.6 Å². The van der Waals surface area contributed by atoms with Gasteiger partial charge in [-0.05, 0) is 77.2 Å². The molecule has 3 aliphatic rings. The summed E-state index contributed by atoms with van der Waals surface area (Å²) in [6.07, 6.45) is 13.0. The highest BCUT2D eigenvalue weighted by atomic mass is 16.2. The number of carbonyl (C=O) groups is 4. The van der Waals surface area contributed by atoms with Crippen molar-refractivity contribution in [3.05, 3.63) is 11.6 Å². The Labute approximate surface area is 273 Å². The predicted molar refractivity (Wildman–Crippen MR) is 180 cm³/mol. The number of likely N-dealkylation sites (N-methyl/N-ethyl adjacent to an activating group) is 1. The summed E-state index contributed by atoms with van der Waals surface area (Å²) in [6.45, 7) is 17.5. The minimum atomic E-state index is -0.716. The van der Waals surface area contributed by atoms with Crippen molar-refractivity contribution in [1.29, 1.82) is 0 Å². The van der Waals surface area contributed by atoms with Gasteiger partial charge in [0.2, 0.25) is 23.6 Å². The molecule has 2 saturated heterocycles. The molecular weight excluding hydrogens is 566 g/mol. The Kier molecular flexibility index (Phi) is 13.5. The molecule has 9 nitrogen and oxygen atoms in total. The number of piperidine rings is 1. The van der Waals surface area contributed by atoms with E-state index in [9.17, 15) is 19.2 Å². The topological polar surface area (TPSA) is 102 Å². The van der Waals surface area contributed by atoms with Crippen molar-refractivity contribution in [2.45, 2.75) is 162 Å². The summed E-state index contributed by atoms with van der Waals surface area (Å²) >= 11 is 0. The van der Waals surface area contributed by atoms with Crippen LogP contribution in [0.25, 0.3) is 0 Å². The van der Waals surface area contributed by atoms with E-state index in [0.717, 1.165) is 57.9 Å². The van der Waals surface area contributed by atoms with E-state index in [1.807, 2.05) is 40.7 Å². The van der Waals surface area contributed by atoms with Gasteiger partial charge in [0, 0.05) is 31.2 Å². The summed E-state index contributed by atoms with van der Waals surface area (Å²) in [6, 6.07) is -1.32. The number of hydrogen-bond acceptors (Lipinski definition) is 5. The molecule has 9 heteroatoms. The molecule has 0 spiro atoms. The molecule has 3 fully saturated rings. The third-order valence-electron chi connectivity index (χ3n) is 10.2. The van der Waals surface area contributed by atoms with E-state index in [2.05, 4.69) is 29.4 Å². The lowest BCUT2D eigenvalue weighted by Gasteiger charge is -2.41. The molecule has 256 valence electrons. The molecule has 2 heterocycles. The Bertz CT molecular complexity index is 1060. The monoisotopic (exact) mass is 629 g/mol. The minimum absolute atomic E-state index is 0.0284. The Morgan fingerprint density at radius 3 is 1.98 bits per heavy atom. The van der Waals surface area contributed by atoms with Crippen LogP contribution in [0.5, 0.6) is 0 Å². The molecule has 1 aliphatic carbocycles. The molecule has 1 saturated carbocycles. The lowest BCUT2D eigenvalue weighted by atomic mass is 9.84. The maximum atomic E-state index is 14.2. The second kappa shape index (κ2) is 16.4. The first-order valence-corrected chi connectivity index (χ1v) is 17.8. The maximum Gasteiger partial charge on any atom is 0.249 e. The molecule has 4 amide bonds. The largest absolute Gasteiger partial charge is 0.352 e. The van der Waals surface area contributed by atoms with Crippen molar-refractivity contribution in [1.82, 2.24) is 25.3 Å². The van der Waals surface area contributed by atoms with Crippen molar-refractivity contribution < 1.29 is 19.2 Å². The summed E-state index contributed by atoms with van der Waals surface area (Å²) < 4.78 is 0. The Hall–Kier alpha value is -2.42. The van der Waals surface area contributed by atoms with Gasteiger partial charge in [0.15, 0.2) is 0 Å². The van der Waals surface area contributed by atoms with Crippen LogP contribution in [0, 0.1) is 11.3 Å². The lowest BCUT2D eigenvalue weighted by molar-refractivity contribution is -0.142. The number of nitrogens with one attached hydrogen (secondary N) is 2. The van der Waals surface area contributed by atoms with Crippen molar-refractivity contribution >= 4 is 23.6 Å². The van der Waals surface area contributed by atoms with Gasteiger partial charge in [-0.2, -0.15) is 0 Å². The molecular formula is C36H63N5O4. The third kappa shape index (κ3) is 9.79. The first kappa shape index (κ1) is 37.0. The van der Waals surface area contributed by atoms with E-state index < -0.39 is 17.5 Å². The van der Waals surface area contributed by atoms with E-state index in [0.29, 0.717) is 18.5 Å². The highest BCUT2D eigenvalue weighted by molar-refractivity contribution is 5.97. The fourth-order valence-electron chi connectivity index (χ4n) is 7.40. The van der Waals surface area contributed by atoms with Crippen LogP contribution < -0.4 is 10.6 Å². The van der Waals surface area contributed by atoms with Gasteiger partial charge in [0.05, 0.1) is 12.1 Å². The number of amides is 4. The van der Waals surface area contributed by atoms with E-state index >= 15 is 0 Å². The van der Waals surface area contributed by atoms with Crippen LogP contribution >= 0.6 is 0 Å². The first-order valence-electron chi connectivity index (χ1n) is 17.8. The average Bonchev–Trinajstić information content (AvgIpc) is 3.34. The van der Waals surface area contributed by atoms with Gasteiger partial charge in [0.25, 0.3) is 0 Å². The van der Waals surface area contributed by atoms with Gasteiger partial charge in [0.1, 0.15) is 12.1 Å². The molecule has 0 aromatic carbocycles. The van der Waals surface area contributed by atoms with Gasteiger partial charge in [-0.3, -0.25) is 24.1 Å². The maximum absolute atomic E-state index is 14.2. The zero-order chi connectivity index (χ0) is 33.5. The van der Waals surface area contributed by atoms with Crippen LogP contribution in [-0.2, 0) is 19.2 Å². The average molecular weight is 630 g/mol. The summed E-state index contributed by atoms with van der Waals surface area (Å²) in [4.78, 5) is 60.5. The smallest absolute Gasteiger partial charge is 0.249 e. The Morgan fingerprint density at radius 2 is 1.40 bits per heavy atom. The van der Waals surface area contributed by atoms with Gasteiger partial charge in [-0.1, -0.05) is 72.8 Å². The first-order chi connectivity index (χ1) is 21.1. The molecule has 0 radical (unpaired) electrons. The lowest BCUT2D eigenvalue weighted by Crippen LogP contribution is -2.60. The van der Waals surface area contributed by atoms with Crippen LogP contribution in [-0.4, -0.2) is 94.7 Å². The van der Waals surface area contributed by atoms with E-state index in [1.165, 1.54) is 12.8 Å². The number of hydrogen-bond donors (Lipinski definition) is 2. The zero-order valence-electron chi connectivity index (χ0n) is 29.8. The molecule has 3 rings (SSSR count). The van der Waals surface area contributed by atoms with Crippen molar-refractivity contribution in [3.8, 4) is 0 Å². The van der Waals surface area contributed by atoms with Gasteiger partial charge in [-0.25, -0.2) is 0 Å². The fraction of sp³-hybridized carbons (Fsp3) is 0.833. The summed E-state index contributed by atoms with van der Waals surface area (Å²) in [5.41, 5.74) is 0.0238. The standard InChI is InChI=1S/C36H63N5O4/c1-24(2)30(23-26(5)34(44)41-22-16-20-29(41)32(42)37-27-17-12-10-11-13-18-27)39(9)35(45)31(36(6,7)8)38-33(43)28-19-14-15-21-40(28)25(3)4/h23-25,27-31H,10-22H2,1-9H3,(H,37,42)(H,38,43)/b26-23+/t28?,29-,30+,31+/m0/s1. The van der Waals surface area contributed by atoms with Crippen molar-refractivity contribution in [2.75, 3.05) is 20.1 Å². The zero-order valence-corrected chi connectivity index (χ0v) is 29.8. The van der Waals surface area contributed by atoms with Gasteiger partial charge in [-0.15, -0.1) is 0 Å². The number of nitrogens with zero attached hydrogens (tertiary/aromatic N) is 3. The van der Waals surface area contributed by atoms with Gasteiger partial charge >= 0.3 is 0 Å². The van der Waals surface area contributed by atoms with Crippen molar-refractivity contribution in [2.24, 2.45) is 11.3 Å². The van der Waals surface area contributed by atoms with Crippen molar-refractivity contribution in [3.63, 3.8) is 0 Å². The van der Waals surface area contributed by atoms with Crippen LogP contribution in [0.4, 0.5) is 0 Å². The van der Waals surface area contributed by atoms with E-state index in [1.54, 1.807) is 23.8 Å². The van der Waals surface area contributed by atoms with E-state index in [-0.39, 0.29) is 53.7 Å². The second-order valence-corrected chi connectivity index (χ2v) is 15.5. The van der Waals surface area contributed by atoms with Gasteiger partial charge < -0.3 is 20.4 Å². The molecule has 1 unspecified atom stereocenters. The highest BCUT2D eigenvalue weighted by Crippen LogP contribution is 2.27. The van der Waals surface area contributed by atoms with E-state index in [4.69, 9.17) is 0 Å². The molecule has 0 aromatic heterocycles. The van der Waals surface area contributed by atoms with Crippen LogP contribution in [0.1, 0.15) is 126 Å². The normalized spacial score (nSPS) is 23.9.